The van der Waals surface area contributed by atoms with Gasteiger partial charge in [0.2, 0.25) is 0 Å². The Kier molecular flexibility index (Phi) is 6.25. The molecule has 14 rings (SSSR count). The Hall–Kier alpha value is -7.26. The number of para-hydroxylation sites is 3. The summed E-state index contributed by atoms with van der Waals surface area (Å²) in [5.74, 6) is 0. The summed E-state index contributed by atoms with van der Waals surface area (Å²) in [6.07, 6.45) is 4.33. The summed E-state index contributed by atoms with van der Waals surface area (Å²) >= 11 is 0. The van der Waals surface area contributed by atoms with Crippen LogP contribution in [0.15, 0.2) is 182 Å². The Bertz CT molecular complexity index is 3650. The molecule has 0 bridgehead atoms. The normalized spacial score (nSPS) is 18.5. The molecule has 1 N–H and O–H groups in total. The molecule has 0 fully saturated rings. The SMILES string of the molecule is O=[P@@]1(c2ccccc2)c2ccccc2-c2ccc3c(c21)-c1cc(-c2ccc4ccc5c(c4n2)NCC=C5)ccc1C31c2ccccc2-n2c3ccccc3c3cccc1c32. The van der Waals surface area contributed by atoms with Crippen LogP contribution in [0.3, 0.4) is 0 Å². The van der Waals surface area contributed by atoms with Crippen molar-refractivity contribution in [1.29, 1.82) is 0 Å². The zero-order valence-electron chi connectivity index (χ0n) is 32.4. The number of anilines is 1. The van der Waals surface area contributed by atoms with Crippen molar-refractivity contribution in [3.05, 3.63) is 210 Å². The fourth-order valence-electron chi connectivity index (χ4n) is 11.4. The predicted octanol–water partition coefficient (Wildman–Crippen LogP) is 11.7. The highest BCUT2D eigenvalue weighted by molar-refractivity contribution is 7.86. The Balaban J connectivity index is 1.14. The second-order valence-corrected chi connectivity index (χ2v) is 19.2. The highest BCUT2D eigenvalue weighted by atomic mass is 31.2. The van der Waals surface area contributed by atoms with Crippen LogP contribution in [0, 0.1) is 0 Å². The highest BCUT2D eigenvalue weighted by Crippen LogP contribution is 2.65. The van der Waals surface area contributed by atoms with E-state index in [2.05, 4.69) is 174 Å². The van der Waals surface area contributed by atoms with Crippen LogP contribution < -0.4 is 21.2 Å². The molecule has 280 valence electrons. The molecule has 60 heavy (non-hydrogen) atoms. The summed E-state index contributed by atoms with van der Waals surface area (Å²) < 4.78 is 19.1. The molecule has 1 unspecified atom stereocenters. The van der Waals surface area contributed by atoms with Gasteiger partial charge < -0.3 is 14.4 Å². The molecule has 5 heteroatoms. The van der Waals surface area contributed by atoms with Crippen LogP contribution in [0.2, 0.25) is 0 Å². The van der Waals surface area contributed by atoms with Crippen molar-refractivity contribution in [2.45, 2.75) is 5.41 Å². The fourth-order valence-corrected chi connectivity index (χ4v) is 14.7. The lowest BCUT2D eigenvalue weighted by Gasteiger charge is -2.39. The van der Waals surface area contributed by atoms with Gasteiger partial charge in [-0.2, -0.15) is 0 Å². The monoisotopic (exact) mass is 783 g/mol. The van der Waals surface area contributed by atoms with E-state index in [0.717, 1.165) is 78.1 Å². The Morgan fingerprint density at radius 1 is 0.617 bits per heavy atom. The maximum atomic E-state index is 16.7. The highest BCUT2D eigenvalue weighted by Gasteiger charge is 2.54. The number of benzene rings is 8. The Labute approximate surface area is 346 Å². The zero-order valence-corrected chi connectivity index (χ0v) is 33.2. The van der Waals surface area contributed by atoms with Gasteiger partial charge in [-0.05, 0) is 74.3 Å². The third kappa shape index (κ3) is 3.84. The molecule has 4 aliphatic rings. The third-order valence-electron chi connectivity index (χ3n) is 13.8. The smallest absolute Gasteiger partial charge is 0.172 e. The average Bonchev–Trinajstić information content (AvgIpc) is 3.91. The molecular formula is C55H34N3OP. The van der Waals surface area contributed by atoms with Crippen molar-refractivity contribution >= 4 is 67.5 Å². The van der Waals surface area contributed by atoms with Crippen molar-refractivity contribution < 1.29 is 4.57 Å². The average molecular weight is 784 g/mol. The number of rotatable bonds is 2. The standard InChI is InChI=1S/C55H34N3OP/c59-60(36-13-2-1-3-14-36)49-22-9-5-16-38(49)40-27-29-44-50(54(40)60)41-32-35(46-30-26-34-24-23-33-12-11-31-56-51(33)52(34)57-46)25-28-42(41)55(44)43-18-6-8-21-48(43)58-47-20-7-4-15-37(47)39-17-10-19-45(55)53(39)58/h1-30,32,56H,31H2/t55?,60-/m0/s1. The summed E-state index contributed by atoms with van der Waals surface area (Å²) in [4.78, 5) is 5.39. The van der Waals surface area contributed by atoms with E-state index in [1.54, 1.807) is 0 Å². The van der Waals surface area contributed by atoms with Crippen LogP contribution in [0.25, 0.3) is 78.0 Å². The molecule has 0 radical (unpaired) electrons. The zero-order chi connectivity index (χ0) is 39.3. The maximum absolute atomic E-state index is 16.7. The largest absolute Gasteiger partial charge is 0.379 e. The van der Waals surface area contributed by atoms with Gasteiger partial charge in [-0.3, -0.25) is 0 Å². The lowest BCUT2D eigenvalue weighted by Crippen LogP contribution is -2.34. The number of pyridine rings is 1. The lowest BCUT2D eigenvalue weighted by molar-refractivity contribution is 0.593. The van der Waals surface area contributed by atoms with E-state index in [1.807, 2.05) is 24.3 Å². The van der Waals surface area contributed by atoms with E-state index < -0.39 is 12.6 Å². The van der Waals surface area contributed by atoms with Gasteiger partial charge in [0.15, 0.2) is 7.14 Å². The van der Waals surface area contributed by atoms with Crippen molar-refractivity contribution in [1.82, 2.24) is 9.55 Å². The van der Waals surface area contributed by atoms with Gasteiger partial charge in [-0.25, -0.2) is 4.98 Å². The van der Waals surface area contributed by atoms with E-state index in [9.17, 15) is 0 Å². The number of nitrogens with zero attached hydrogens (tertiary/aromatic N) is 2. The van der Waals surface area contributed by atoms with Gasteiger partial charge in [-0.15, -0.1) is 0 Å². The van der Waals surface area contributed by atoms with Gasteiger partial charge in [0.05, 0.1) is 39.0 Å². The number of hydrogen-bond donors (Lipinski definition) is 1. The summed E-state index contributed by atoms with van der Waals surface area (Å²) in [6.45, 7) is 0.776. The van der Waals surface area contributed by atoms with Crippen LogP contribution >= 0.6 is 7.14 Å². The molecule has 8 aromatic carbocycles. The molecule has 2 atom stereocenters. The predicted molar refractivity (Wildman–Crippen MR) is 248 cm³/mol. The molecular weight excluding hydrogens is 750 g/mol. The minimum atomic E-state index is -3.37. The van der Waals surface area contributed by atoms with Gasteiger partial charge in [0, 0.05) is 44.2 Å². The lowest BCUT2D eigenvalue weighted by atomic mass is 9.65. The minimum absolute atomic E-state index is 0.693. The summed E-state index contributed by atoms with van der Waals surface area (Å²) in [7, 11) is -3.37. The molecule has 10 aromatic rings. The van der Waals surface area contributed by atoms with Crippen LogP contribution in [0.1, 0.15) is 27.8 Å². The molecule has 0 saturated heterocycles. The quantitative estimate of drug-likeness (QED) is 0.178. The molecule has 0 amide bonds. The van der Waals surface area contributed by atoms with E-state index in [0.29, 0.717) is 0 Å². The molecule has 5 heterocycles. The third-order valence-corrected chi connectivity index (χ3v) is 17.0. The Morgan fingerprint density at radius 3 is 2.35 bits per heavy atom. The minimum Gasteiger partial charge on any atom is -0.379 e. The topological polar surface area (TPSA) is 46.9 Å². The van der Waals surface area contributed by atoms with Crippen LogP contribution in [0.4, 0.5) is 5.69 Å². The summed E-state index contributed by atoms with van der Waals surface area (Å²) in [6, 6.07) is 63.4. The molecule has 0 saturated carbocycles. The maximum Gasteiger partial charge on any atom is 0.172 e. The summed E-state index contributed by atoms with van der Waals surface area (Å²) in [5.41, 5.74) is 17.1. The molecule has 1 spiro atoms. The molecule has 4 nitrogen and oxygen atoms in total. The summed E-state index contributed by atoms with van der Waals surface area (Å²) in [5, 5.41) is 9.88. The van der Waals surface area contributed by atoms with Crippen molar-refractivity contribution in [2.75, 3.05) is 11.9 Å². The first-order valence-electron chi connectivity index (χ1n) is 20.7. The van der Waals surface area contributed by atoms with Gasteiger partial charge in [-0.1, -0.05) is 164 Å². The number of hydrogen-bond acceptors (Lipinski definition) is 3. The van der Waals surface area contributed by atoms with E-state index in [-0.39, 0.29) is 0 Å². The molecule has 3 aliphatic heterocycles. The number of fused-ring (bicyclic) bond motifs is 19. The second-order valence-electron chi connectivity index (χ2n) is 16.5. The molecule has 2 aromatic heterocycles. The first-order chi connectivity index (χ1) is 29.7. The first kappa shape index (κ1) is 32.7. The van der Waals surface area contributed by atoms with Crippen molar-refractivity contribution in [3.8, 4) is 39.2 Å². The van der Waals surface area contributed by atoms with E-state index in [1.165, 1.54) is 49.7 Å². The molecule has 1 aliphatic carbocycles. The Morgan fingerprint density at radius 2 is 1.40 bits per heavy atom. The van der Waals surface area contributed by atoms with Gasteiger partial charge in [0.25, 0.3) is 0 Å². The number of nitrogens with one attached hydrogen (secondary N) is 1. The van der Waals surface area contributed by atoms with Gasteiger partial charge >= 0.3 is 0 Å². The van der Waals surface area contributed by atoms with Crippen molar-refractivity contribution in [3.63, 3.8) is 0 Å². The van der Waals surface area contributed by atoms with Gasteiger partial charge in [0.1, 0.15) is 0 Å². The number of aromatic nitrogens is 2. The van der Waals surface area contributed by atoms with Crippen LogP contribution in [-0.4, -0.2) is 16.1 Å². The van der Waals surface area contributed by atoms with Crippen molar-refractivity contribution in [2.24, 2.45) is 0 Å². The van der Waals surface area contributed by atoms with Crippen LogP contribution in [-0.2, 0) is 9.98 Å². The second kappa shape index (κ2) is 11.5. The first-order valence-corrected chi connectivity index (χ1v) is 22.4. The fraction of sp³-hybridized carbons (Fsp3) is 0.0364. The van der Waals surface area contributed by atoms with Crippen LogP contribution in [0.5, 0.6) is 0 Å². The van der Waals surface area contributed by atoms with E-state index >= 15 is 4.57 Å². The van der Waals surface area contributed by atoms with E-state index in [4.69, 9.17) is 4.98 Å².